The predicted molar refractivity (Wildman–Crippen MR) is 74.1 cm³/mol. The summed E-state index contributed by atoms with van der Waals surface area (Å²) in [6, 6.07) is 0. The number of ether oxygens (including phenoxy) is 1. The second-order valence-electron chi connectivity index (χ2n) is 3.42. The first-order valence-corrected chi connectivity index (χ1v) is 5.65. The van der Waals surface area contributed by atoms with E-state index in [9.17, 15) is 4.79 Å². The van der Waals surface area contributed by atoms with Crippen LogP contribution in [0, 0.1) is 5.41 Å². The Bertz CT molecular complexity index is 428. The first-order chi connectivity index (χ1) is 8.83. The molecule has 4 N–H and O–H groups in total. The van der Waals surface area contributed by atoms with Crippen molar-refractivity contribution in [3.05, 3.63) is 24.0 Å². The van der Waals surface area contributed by atoms with Gasteiger partial charge in [0.2, 0.25) is 5.90 Å². The van der Waals surface area contributed by atoms with Crippen LogP contribution in [0.5, 0.6) is 0 Å². The molecule has 106 valence electrons. The van der Waals surface area contributed by atoms with Gasteiger partial charge in [-0.1, -0.05) is 18.2 Å². The minimum Gasteiger partial charge on any atom is -0.481 e. The van der Waals surface area contributed by atoms with E-state index in [1.807, 2.05) is 0 Å². The SMILES string of the molecule is C=C/C(N=C(C)Cl)=C(/C(=N)OC)N(N)CCC(=O)O. The molecule has 0 radical (unpaired) electrons. The van der Waals surface area contributed by atoms with Gasteiger partial charge in [-0.15, -0.1) is 0 Å². The smallest absolute Gasteiger partial charge is 0.305 e. The minimum atomic E-state index is -1.00. The standard InChI is InChI=1S/C11H17ClN4O3/c1-4-8(15-7(2)12)10(11(13)19-3)16(14)6-5-9(17)18/h4,13H,1,5-6,14H2,2-3H3,(H,17,18)/b10-8+,13-11?,15-7?. The molecule has 0 aliphatic rings. The highest BCUT2D eigenvalue weighted by atomic mass is 35.5. The molecule has 0 aliphatic carbocycles. The Kier molecular flexibility index (Phi) is 7.47. The first-order valence-electron chi connectivity index (χ1n) is 5.27. The third kappa shape index (κ3) is 6.03. The van der Waals surface area contributed by atoms with Crippen molar-refractivity contribution in [2.75, 3.05) is 13.7 Å². The number of carboxylic acid groups (broad SMARTS) is 1. The average Bonchev–Trinajstić information content (AvgIpc) is 2.34. The molecule has 7 nitrogen and oxygen atoms in total. The highest BCUT2D eigenvalue weighted by Crippen LogP contribution is 2.14. The lowest BCUT2D eigenvalue weighted by Gasteiger charge is -2.22. The Labute approximate surface area is 116 Å². The van der Waals surface area contributed by atoms with Crippen molar-refractivity contribution >= 4 is 28.6 Å². The van der Waals surface area contributed by atoms with Gasteiger partial charge < -0.3 is 14.9 Å². The van der Waals surface area contributed by atoms with Gasteiger partial charge in [0.15, 0.2) is 0 Å². The minimum absolute atomic E-state index is 0.00933. The molecular weight excluding hydrogens is 272 g/mol. The van der Waals surface area contributed by atoms with Gasteiger partial charge in [-0.05, 0) is 13.0 Å². The molecule has 0 unspecified atom stereocenters. The van der Waals surface area contributed by atoms with Crippen molar-refractivity contribution in [1.82, 2.24) is 5.01 Å². The molecule has 0 saturated heterocycles. The molecule has 0 rings (SSSR count). The molecule has 0 aliphatic heterocycles. The Hall–Kier alpha value is -1.86. The summed E-state index contributed by atoms with van der Waals surface area (Å²) in [6.07, 6.45) is 1.17. The molecule has 0 saturated carbocycles. The van der Waals surface area contributed by atoms with Crippen molar-refractivity contribution in [3.8, 4) is 0 Å². The molecule has 0 bridgehead atoms. The third-order valence-corrected chi connectivity index (χ3v) is 2.07. The fourth-order valence-corrected chi connectivity index (χ4v) is 1.27. The van der Waals surface area contributed by atoms with E-state index in [-0.39, 0.29) is 35.4 Å². The number of carboxylic acids is 1. The average molecular weight is 289 g/mol. The number of hydrazine groups is 1. The quantitative estimate of drug-likeness (QED) is 0.215. The normalized spacial score (nSPS) is 12.5. The lowest BCUT2D eigenvalue weighted by Crippen LogP contribution is -2.36. The highest BCUT2D eigenvalue weighted by Gasteiger charge is 2.17. The van der Waals surface area contributed by atoms with E-state index in [4.69, 9.17) is 32.7 Å². The summed E-state index contributed by atoms with van der Waals surface area (Å²) in [5.74, 6) is 4.46. The summed E-state index contributed by atoms with van der Waals surface area (Å²) < 4.78 is 4.80. The summed E-state index contributed by atoms with van der Waals surface area (Å²) >= 11 is 5.68. The Morgan fingerprint density at radius 3 is 2.63 bits per heavy atom. The molecule has 0 fully saturated rings. The summed E-state index contributed by atoms with van der Waals surface area (Å²) in [5.41, 5.74) is 0.339. The second-order valence-corrected chi connectivity index (χ2v) is 3.96. The van der Waals surface area contributed by atoms with Crippen molar-refractivity contribution in [2.45, 2.75) is 13.3 Å². The molecule has 0 spiro atoms. The molecule has 19 heavy (non-hydrogen) atoms. The molecule has 0 aromatic rings. The van der Waals surface area contributed by atoms with Gasteiger partial charge in [0.1, 0.15) is 10.9 Å². The number of hydrogen-bond acceptors (Lipinski definition) is 6. The number of nitrogens with zero attached hydrogens (tertiary/aromatic N) is 2. The van der Waals surface area contributed by atoms with E-state index in [2.05, 4.69) is 11.6 Å². The number of hydrogen-bond donors (Lipinski definition) is 3. The molecule has 8 heteroatoms. The molecule has 0 aromatic heterocycles. The fraction of sp³-hybridized carbons (Fsp3) is 0.364. The number of nitrogens with one attached hydrogen (secondary N) is 1. The number of nitrogens with two attached hydrogens (primary N) is 1. The Morgan fingerprint density at radius 2 is 2.26 bits per heavy atom. The summed E-state index contributed by atoms with van der Waals surface area (Å²) in [7, 11) is 1.30. The highest BCUT2D eigenvalue weighted by molar-refractivity contribution is 6.64. The van der Waals surface area contributed by atoms with Crippen molar-refractivity contribution in [3.63, 3.8) is 0 Å². The van der Waals surface area contributed by atoms with E-state index in [0.717, 1.165) is 5.01 Å². The van der Waals surface area contributed by atoms with Crippen molar-refractivity contribution < 1.29 is 14.6 Å². The molecule has 0 heterocycles. The number of methoxy groups -OCH3 is 1. The van der Waals surface area contributed by atoms with Crippen LogP contribution in [-0.2, 0) is 9.53 Å². The van der Waals surface area contributed by atoms with E-state index < -0.39 is 5.97 Å². The molecule has 0 atom stereocenters. The van der Waals surface area contributed by atoms with Crippen LogP contribution in [0.2, 0.25) is 0 Å². The zero-order chi connectivity index (χ0) is 15.0. The molecule has 0 amide bonds. The first kappa shape index (κ1) is 17.1. The van der Waals surface area contributed by atoms with E-state index in [0.29, 0.717) is 0 Å². The maximum absolute atomic E-state index is 10.5. The van der Waals surface area contributed by atoms with Gasteiger partial charge in [-0.2, -0.15) is 0 Å². The maximum atomic E-state index is 10.5. The number of rotatable bonds is 7. The number of aliphatic imine (C=N–C) groups is 1. The number of carbonyl (C=O) groups is 1. The maximum Gasteiger partial charge on any atom is 0.305 e. The van der Waals surface area contributed by atoms with Crippen molar-refractivity contribution in [2.24, 2.45) is 10.8 Å². The van der Waals surface area contributed by atoms with Gasteiger partial charge in [0, 0.05) is 6.54 Å². The summed E-state index contributed by atoms with van der Waals surface area (Å²) in [5, 5.41) is 17.6. The van der Waals surface area contributed by atoms with Gasteiger partial charge in [-0.25, -0.2) is 10.8 Å². The topological polar surface area (TPSA) is 112 Å². The van der Waals surface area contributed by atoms with Crippen LogP contribution in [0.25, 0.3) is 0 Å². The zero-order valence-corrected chi connectivity index (χ0v) is 11.6. The van der Waals surface area contributed by atoms with Gasteiger partial charge in [0.05, 0.1) is 19.2 Å². The molecule has 0 aromatic carbocycles. The van der Waals surface area contributed by atoms with Crippen LogP contribution in [-0.4, -0.2) is 40.8 Å². The second kappa shape index (κ2) is 8.28. The van der Waals surface area contributed by atoms with E-state index in [1.54, 1.807) is 6.92 Å². The van der Waals surface area contributed by atoms with E-state index >= 15 is 0 Å². The van der Waals surface area contributed by atoms with Gasteiger partial charge in [-0.3, -0.25) is 10.2 Å². The Morgan fingerprint density at radius 1 is 1.68 bits per heavy atom. The lowest BCUT2D eigenvalue weighted by molar-refractivity contribution is -0.137. The predicted octanol–water partition coefficient (Wildman–Crippen LogP) is 1.32. The summed E-state index contributed by atoms with van der Waals surface area (Å²) in [4.78, 5) is 14.5. The third-order valence-electron chi connectivity index (χ3n) is 1.98. The van der Waals surface area contributed by atoms with Crippen LogP contribution in [0.3, 0.4) is 0 Å². The number of aliphatic carboxylic acids is 1. The van der Waals surface area contributed by atoms with E-state index in [1.165, 1.54) is 13.2 Å². The van der Waals surface area contributed by atoms with Crippen LogP contribution in [0.15, 0.2) is 29.0 Å². The zero-order valence-electron chi connectivity index (χ0n) is 10.8. The largest absolute Gasteiger partial charge is 0.481 e. The lowest BCUT2D eigenvalue weighted by atomic mass is 10.2. The molecular formula is C11H17ClN4O3. The van der Waals surface area contributed by atoms with Gasteiger partial charge >= 0.3 is 5.97 Å². The van der Waals surface area contributed by atoms with Crippen molar-refractivity contribution in [1.29, 1.82) is 5.41 Å². The number of halogens is 1. The van der Waals surface area contributed by atoms with Crippen LogP contribution >= 0.6 is 11.6 Å². The van der Waals surface area contributed by atoms with Gasteiger partial charge in [0.25, 0.3) is 0 Å². The van der Waals surface area contributed by atoms with Crippen LogP contribution in [0.4, 0.5) is 0 Å². The van der Waals surface area contributed by atoms with Crippen LogP contribution < -0.4 is 5.84 Å². The summed E-state index contributed by atoms with van der Waals surface area (Å²) in [6.45, 7) is 5.10. The number of allylic oxidation sites excluding steroid dienone is 1. The Balaban J connectivity index is 5.46. The monoisotopic (exact) mass is 288 g/mol. The van der Waals surface area contributed by atoms with Crippen LogP contribution in [0.1, 0.15) is 13.3 Å². The fourth-order valence-electron chi connectivity index (χ4n) is 1.18.